The van der Waals surface area contributed by atoms with Gasteiger partial charge in [-0.2, -0.15) is 0 Å². The van der Waals surface area contributed by atoms with Crippen molar-refractivity contribution < 1.29 is 0 Å². The topological polar surface area (TPSA) is 3.24 Å². The van der Waals surface area contributed by atoms with Crippen molar-refractivity contribution in [1.29, 1.82) is 0 Å². The molecule has 1 nitrogen and oxygen atoms in total. The zero-order valence-electron chi connectivity index (χ0n) is 16.2. The SMILES string of the molecule is C[Si](C)(C)N(P(Cl)Cl)[Si]([Si](C)(C)C)([Si](C)(C)C)[Si](C)(C)C. The van der Waals surface area contributed by atoms with E-state index in [2.05, 4.69) is 82.6 Å². The zero-order chi connectivity index (χ0) is 17.7. The third-order valence-electron chi connectivity index (χ3n) is 4.36. The maximum absolute atomic E-state index is 6.72. The summed E-state index contributed by atoms with van der Waals surface area (Å²) in [6.45, 7) is 28.1. The van der Waals surface area contributed by atoms with Crippen LogP contribution in [0.5, 0.6) is 0 Å². The van der Waals surface area contributed by atoms with Gasteiger partial charge >= 0.3 is 0 Å². The Morgan fingerprint density at radius 1 is 0.571 bits per heavy atom. The van der Waals surface area contributed by atoms with Crippen molar-refractivity contribution in [3.8, 4) is 0 Å². The molecule has 0 aromatic carbocycles. The fourth-order valence-corrected chi connectivity index (χ4v) is 146. The van der Waals surface area contributed by atoms with Gasteiger partial charge in [0.25, 0.3) is 0 Å². The highest BCUT2D eigenvalue weighted by atomic mass is 35.9. The maximum atomic E-state index is 6.72. The summed E-state index contributed by atoms with van der Waals surface area (Å²) in [7, 11) is -5.67. The lowest BCUT2D eigenvalue weighted by Crippen LogP contribution is -2.91. The highest BCUT2D eigenvalue weighted by Crippen LogP contribution is 2.60. The third-order valence-corrected chi connectivity index (χ3v) is 88.2. The lowest BCUT2D eigenvalue weighted by Gasteiger charge is -2.65. The lowest BCUT2D eigenvalue weighted by atomic mass is 11.8. The summed E-state index contributed by atoms with van der Waals surface area (Å²) in [5.74, 6) is 0. The van der Waals surface area contributed by atoms with Crippen LogP contribution in [-0.4, -0.2) is 41.8 Å². The lowest BCUT2D eigenvalue weighted by molar-refractivity contribution is 1.04. The predicted molar refractivity (Wildman–Crippen MR) is 120 cm³/mol. The summed E-state index contributed by atoms with van der Waals surface area (Å²) in [5.41, 5.74) is 0. The summed E-state index contributed by atoms with van der Waals surface area (Å²) >= 11 is 13.4. The Morgan fingerprint density at radius 3 is 0.857 bits per heavy atom. The third kappa shape index (κ3) is 4.37. The van der Waals surface area contributed by atoms with E-state index in [1.165, 1.54) is 0 Å². The van der Waals surface area contributed by atoms with Gasteiger partial charge in [0.05, 0.1) is 29.6 Å². The molecule has 0 aromatic heterocycles. The molecule has 0 aliphatic carbocycles. The molecular formula is C12H36Cl2NPSi5. The first kappa shape index (κ1) is 23.1. The molecule has 0 spiro atoms. The summed E-state index contributed by atoms with van der Waals surface area (Å²) in [4.78, 5) is 0. The maximum Gasteiger partial charge on any atom is 0.146 e. The first-order valence-corrected chi connectivity index (χ1v) is 29.7. The zero-order valence-corrected chi connectivity index (χ0v) is 23.6. The van der Waals surface area contributed by atoms with Crippen LogP contribution in [-0.2, 0) is 0 Å². The average molecular weight is 437 g/mol. The van der Waals surface area contributed by atoms with Gasteiger partial charge in [0.1, 0.15) is 15.0 Å². The molecule has 9 heteroatoms. The van der Waals surface area contributed by atoms with Crippen LogP contribution < -0.4 is 0 Å². The molecule has 0 saturated heterocycles. The van der Waals surface area contributed by atoms with Gasteiger partial charge < -0.3 is 4.00 Å². The average Bonchev–Trinajstić information content (AvgIpc) is 2.03. The minimum Gasteiger partial charge on any atom is -0.306 e. The molecular weight excluding hydrogens is 400 g/mol. The van der Waals surface area contributed by atoms with E-state index in [9.17, 15) is 0 Å². The molecule has 0 saturated carbocycles. The standard InChI is InChI=1S/C12H36Cl2NPSi5/c1-17(2,3)15(16(13)14)21(18(4,5)6,19(7,8)9)20(10,11)12/h1-12H3. The fraction of sp³-hybridized carbons (Fsp3) is 1.00. The van der Waals surface area contributed by atoms with E-state index in [1.54, 1.807) is 0 Å². The molecule has 128 valence electrons. The smallest absolute Gasteiger partial charge is 0.146 e. The van der Waals surface area contributed by atoms with E-state index in [0.29, 0.717) is 0 Å². The van der Waals surface area contributed by atoms with Crippen molar-refractivity contribution in [2.45, 2.75) is 78.6 Å². The minimum absolute atomic E-state index is 1.03. The van der Waals surface area contributed by atoms with Crippen molar-refractivity contribution in [3.63, 3.8) is 0 Å². The molecule has 0 aromatic rings. The Morgan fingerprint density at radius 2 is 0.810 bits per heavy atom. The van der Waals surface area contributed by atoms with Gasteiger partial charge in [0.15, 0.2) is 0 Å². The van der Waals surface area contributed by atoms with Crippen LogP contribution in [0.3, 0.4) is 0 Å². The summed E-state index contributed by atoms with van der Waals surface area (Å²) in [5, 5.41) is 0. The molecule has 0 fully saturated rings. The van der Waals surface area contributed by atoms with Gasteiger partial charge in [0, 0.05) is 0 Å². The molecule has 0 aliphatic heterocycles. The van der Waals surface area contributed by atoms with Crippen LogP contribution >= 0.6 is 29.3 Å². The Labute approximate surface area is 149 Å². The van der Waals surface area contributed by atoms with E-state index in [-0.39, 0.29) is 0 Å². The normalized spacial score (nSPS) is 16.0. The van der Waals surface area contributed by atoms with Gasteiger partial charge in [-0.15, -0.1) is 0 Å². The van der Waals surface area contributed by atoms with E-state index in [4.69, 9.17) is 22.5 Å². The molecule has 21 heavy (non-hydrogen) atoms. The van der Waals surface area contributed by atoms with Crippen molar-refractivity contribution in [3.05, 3.63) is 0 Å². The molecule has 0 rings (SSSR count). The Hall–Kier alpha value is 2.05. The number of rotatable bonds is 6. The van der Waals surface area contributed by atoms with Crippen LogP contribution in [0.15, 0.2) is 0 Å². The van der Waals surface area contributed by atoms with Crippen LogP contribution in [0.1, 0.15) is 0 Å². The molecule has 0 N–H and O–H groups in total. The number of nitrogens with zero attached hydrogens (tertiary/aromatic N) is 1. The van der Waals surface area contributed by atoms with Crippen molar-refractivity contribution >= 4 is 67.1 Å². The van der Waals surface area contributed by atoms with Crippen LogP contribution in [0, 0.1) is 0 Å². The van der Waals surface area contributed by atoms with Gasteiger partial charge in [-0.05, 0) is 0 Å². The monoisotopic (exact) mass is 435 g/mol. The quantitative estimate of drug-likeness (QED) is 0.319. The highest BCUT2D eigenvalue weighted by molar-refractivity contribution is 8.08. The molecule has 0 unspecified atom stereocenters. The molecule has 0 aliphatic rings. The van der Waals surface area contributed by atoms with Gasteiger partial charge in [-0.1, -0.05) is 101 Å². The van der Waals surface area contributed by atoms with Crippen molar-refractivity contribution in [2.75, 3.05) is 0 Å². The number of halogens is 2. The highest BCUT2D eigenvalue weighted by Gasteiger charge is 2.67. The van der Waals surface area contributed by atoms with Crippen LogP contribution in [0.25, 0.3) is 0 Å². The van der Waals surface area contributed by atoms with Gasteiger partial charge in [-0.3, -0.25) is 0 Å². The Bertz CT molecular complexity index is 330. The second-order valence-electron chi connectivity index (χ2n) is 10.2. The van der Waals surface area contributed by atoms with Crippen LogP contribution in [0.2, 0.25) is 78.6 Å². The van der Waals surface area contributed by atoms with Crippen molar-refractivity contribution in [1.82, 2.24) is 4.00 Å². The largest absolute Gasteiger partial charge is 0.306 e. The van der Waals surface area contributed by atoms with Crippen molar-refractivity contribution in [2.24, 2.45) is 0 Å². The van der Waals surface area contributed by atoms with E-state index in [1.807, 2.05) is 0 Å². The summed E-state index contributed by atoms with van der Waals surface area (Å²) < 4.78 is 2.85. The molecule has 0 bridgehead atoms. The van der Waals surface area contributed by atoms with E-state index in [0.717, 1.165) is 0 Å². The molecule has 0 radical (unpaired) electrons. The van der Waals surface area contributed by atoms with Crippen LogP contribution in [0.4, 0.5) is 0 Å². The Balaban J connectivity index is 6.82. The fourth-order valence-electron chi connectivity index (χ4n) is 5.17. The second-order valence-corrected chi connectivity index (χ2v) is 59.3. The van der Waals surface area contributed by atoms with Gasteiger partial charge in [0.2, 0.25) is 0 Å². The molecule has 0 heterocycles. The second kappa shape index (κ2) is 6.75. The predicted octanol–water partition coefficient (Wildman–Crippen LogP) is 7.02. The number of hydrogen-bond donors (Lipinski definition) is 0. The van der Waals surface area contributed by atoms with E-state index >= 15 is 0 Å². The first-order chi connectivity index (χ1) is 8.82. The molecule has 0 amide bonds. The summed E-state index contributed by atoms with van der Waals surface area (Å²) in [6, 6.07) is 0. The number of hydrogen-bond acceptors (Lipinski definition) is 1. The first-order valence-electron chi connectivity index (χ1n) is 7.74. The summed E-state index contributed by atoms with van der Waals surface area (Å²) in [6.07, 6.45) is 0. The van der Waals surface area contributed by atoms with Gasteiger partial charge in [-0.25, -0.2) is 0 Å². The Kier molecular flexibility index (Phi) is 7.41. The minimum atomic E-state index is -1.65. The van der Waals surface area contributed by atoms with E-state index < -0.39 is 44.6 Å². The molecule has 0 atom stereocenters.